The van der Waals surface area contributed by atoms with Crippen LogP contribution in [0.15, 0.2) is 88.6 Å². The fraction of sp³-hybridized carbons (Fsp3) is 0.0385. The normalized spacial score (nSPS) is 14.5. The smallest absolute Gasteiger partial charge is 0.344 e. The number of rotatable bonds is 2. The van der Waals surface area contributed by atoms with E-state index in [0.717, 1.165) is 5.56 Å². The van der Waals surface area contributed by atoms with Crippen LogP contribution >= 0.6 is 0 Å². The van der Waals surface area contributed by atoms with Gasteiger partial charge < -0.3 is 9.15 Å². The molecule has 4 aromatic heterocycles. The molecule has 6 aromatic rings. The second-order valence-electron chi connectivity index (χ2n) is 8.12. The Labute approximate surface area is 196 Å². The lowest BCUT2D eigenvalue weighted by atomic mass is 9.84. The first-order valence-electron chi connectivity index (χ1n) is 10.8. The van der Waals surface area contributed by atoms with Crippen LogP contribution in [0.5, 0.6) is 11.6 Å². The molecule has 1 aliphatic rings. The molecule has 0 N–H and O–H groups in total. The van der Waals surface area contributed by atoms with Gasteiger partial charge in [-0.05, 0) is 42.0 Å². The molecule has 0 amide bonds. The number of aromatic nitrogens is 5. The van der Waals surface area contributed by atoms with E-state index in [-0.39, 0.29) is 11.4 Å². The summed E-state index contributed by atoms with van der Waals surface area (Å²) in [5.41, 5.74) is 2.32. The van der Waals surface area contributed by atoms with Gasteiger partial charge in [-0.25, -0.2) is 23.7 Å². The quantitative estimate of drug-likeness (QED) is 0.343. The Morgan fingerprint density at radius 1 is 0.971 bits per heavy atom. The molecule has 9 heteroatoms. The standard InChI is InChI=1S/C26H14FN5O3/c27-16-5-3-4-15(12-16)19-20-22(17-6-1-2-7-18(17)34-26(20)33)35-25-21(19)24-30-23(31-32(24)13-29-25)14-8-10-28-11-9-14/h1-13,19H. The number of pyridine rings is 1. The molecule has 0 fully saturated rings. The largest absolute Gasteiger partial charge is 0.437 e. The minimum absolute atomic E-state index is 0.255. The molecule has 0 saturated carbocycles. The van der Waals surface area contributed by atoms with Crippen molar-refractivity contribution < 1.29 is 13.5 Å². The van der Waals surface area contributed by atoms with E-state index in [1.54, 1.807) is 48.8 Å². The van der Waals surface area contributed by atoms with Crippen molar-refractivity contribution in [3.63, 3.8) is 0 Å². The molecule has 1 atom stereocenters. The highest BCUT2D eigenvalue weighted by Gasteiger charge is 2.37. The van der Waals surface area contributed by atoms with E-state index in [0.29, 0.717) is 39.3 Å². The SMILES string of the molecule is O=c1oc2ccccc2c2c1C(c1cccc(F)c1)c1c(ncn3nc(-c4ccncc4)nc13)O2. The molecule has 2 aromatic carbocycles. The van der Waals surface area contributed by atoms with Gasteiger partial charge in [-0.3, -0.25) is 4.98 Å². The number of ether oxygens (including phenoxy) is 1. The number of hydrogen-bond acceptors (Lipinski definition) is 7. The van der Waals surface area contributed by atoms with Crippen LogP contribution in [0.1, 0.15) is 22.6 Å². The molecule has 0 spiro atoms. The zero-order valence-corrected chi connectivity index (χ0v) is 17.9. The van der Waals surface area contributed by atoms with Gasteiger partial charge in [0.1, 0.15) is 17.7 Å². The van der Waals surface area contributed by atoms with Crippen molar-refractivity contribution in [3.8, 4) is 23.0 Å². The van der Waals surface area contributed by atoms with Crippen molar-refractivity contribution in [2.24, 2.45) is 0 Å². The Morgan fingerprint density at radius 2 is 1.83 bits per heavy atom. The van der Waals surface area contributed by atoms with Gasteiger partial charge in [-0.2, -0.15) is 0 Å². The van der Waals surface area contributed by atoms with Crippen LogP contribution < -0.4 is 10.4 Å². The van der Waals surface area contributed by atoms with Crippen molar-refractivity contribution >= 4 is 16.6 Å². The number of nitrogens with zero attached hydrogens (tertiary/aromatic N) is 5. The van der Waals surface area contributed by atoms with E-state index in [1.807, 2.05) is 12.1 Å². The Balaban J connectivity index is 1.57. The van der Waals surface area contributed by atoms with Crippen LogP contribution in [0.4, 0.5) is 4.39 Å². The average Bonchev–Trinajstić information content (AvgIpc) is 3.33. The summed E-state index contributed by atoms with van der Waals surface area (Å²) in [5.74, 6) is -0.109. The zero-order chi connectivity index (χ0) is 23.5. The predicted octanol–water partition coefficient (Wildman–Crippen LogP) is 4.72. The third-order valence-electron chi connectivity index (χ3n) is 6.08. The Morgan fingerprint density at radius 3 is 2.69 bits per heavy atom. The number of benzene rings is 2. The van der Waals surface area contributed by atoms with Crippen molar-refractivity contribution in [3.05, 3.63) is 112 Å². The van der Waals surface area contributed by atoms with Crippen LogP contribution in [-0.2, 0) is 0 Å². The Hall–Kier alpha value is -4.92. The summed E-state index contributed by atoms with van der Waals surface area (Å²) < 4.78 is 27.8. The minimum Gasteiger partial charge on any atom is -0.437 e. The molecule has 0 aliphatic carbocycles. The number of hydrogen-bond donors (Lipinski definition) is 0. The third kappa shape index (κ3) is 2.95. The van der Waals surface area contributed by atoms with Crippen LogP contribution in [0, 0.1) is 5.82 Å². The van der Waals surface area contributed by atoms with Gasteiger partial charge >= 0.3 is 5.63 Å². The van der Waals surface area contributed by atoms with E-state index in [1.165, 1.54) is 23.0 Å². The molecule has 0 bridgehead atoms. The topological polar surface area (TPSA) is 95.4 Å². The summed E-state index contributed by atoms with van der Waals surface area (Å²) in [7, 11) is 0. The maximum absolute atomic E-state index is 14.4. The van der Waals surface area contributed by atoms with Crippen LogP contribution in [0.25, 0.3) is 28.0 Å². The van der Waals surface area contributed by atoms with Crippen molar-refractivity contribution in [1.29, 1.82) is 0 Å². The Bertz CT molecular complexity index is 1830. The number of fused-ring (bicyclic) bond motifs is 6. The molecule has 0 saturated heterocycles. The second-order valence-corrected chi connectivity index (χ2v) is 8.12. The van der Waals surface area contributed by atoms with Gasteiger partial charge in [0.2, 0.25) is 5.88 Å². The lowest BCUT2D eigenvalue weighted by Gasteiger charge is -2.27. The molecule has 5 heterocycles. The van der Waals surface area contributed by atoms with E-state index in [2.05, 4.69) is 15.1 Å². The fourth-order valence-corrected chi connectivity index (χ4v) is 4.57. The molecule has 1 unspecified atom stereocenters. The summed E-state index contributed by atoms with van der Waals surface area (Å²) in [6, 6.07) is 16.8. The third-order valence-corrected chi connectivity index (χ3v) is 6.08. The van der Waals surface area contributed by atoms with Gasteiger partial charge in [-0.15, -0.1) is 5.10 Å². The van der Waals surface area contributed by atoms with E-state index in [9.17, 15) is 9.18 Å². The van der Waals surface area contributed by atoms with Gasteiger partial charge in [-0.1, -0.05) is 24.3 Å². The molecule has 35 heavy (non-hydrogen) atoms. The van der Waals surface area contributed by atoms with E-state index >= 15 is 0 Å². The first kappa shape index (κ1) is 19.5. The lowest BCUT2D eigenvalue weighted by Crippen LogP contribution is -2.22. The van der Waals surface area contributed by atoms with Crippen molar-refractivity contribution in [2.75, 3.05) is 0 Å². The summed E-state index contributed by atoms with van der Waals surface area (Å²) in [6.07, 6.45) is 4.81. The highest BCUT2D eigenvalue weighted by Crippen LogP contribution is 2.48. The van der Waals surface area contributed by atoms with Crippen molar-refractivity contribution in [1.82, 2.24) is 24.6 Å². The molecule has 1 aliphatic heterocycles. The van der Waals surface area contributed by atoms with Crippen molar-refractivity contribution in [2.45, 2.75) is 5.92 Å². The molecule has 7 rings (SSSR count). The summed E-state index contributed by atoms with van der Waals surface area (Å²) in [5, 5.41) is 5.17. The molecular weight excluding hydrogens is 449 g/mol. The first-order chi connectivity index (χ1) is 17.2. The van der Waals surface area contributed by atoms with Crippen LogP contribution in [-0.4, -0.2) is 24.6 Å². The predicted molar refractivity (Wildman–Crippen MR) is 124 cm³/mol. The van der Waals surface area contributed by atoms with Gasteiger partial charge in [0.05, 0.1) is 22.4 Å². The Kier molecular flexibility index (Phi) is 4.07. The molecule has 8 nitrogen and oxygen atoms in total. The summed E-state index contributed by atoms with van der Waals surface area (Å²) >= 11 is 0. The molecule has 168 valence electrons. The summed E-state index contributed by atoms with van der Waals surface area (Å²) in [4.78, 5) is 26.6. The van der Waals surface area contributed by atoms with Crippen LogP contribution in [0.3, 0.4) is 0 Å². The summed E-state index contributed by atoms with van der Waals surface area (Å²) in [6.45, 7) is 0. The fourth-order valence-electron chi connectivity index (χ4n) is 4.57. The average molecular weight is 463 g/mol. The monoisotopic (exact) mass is 463 g/mol. The van der Waals surface area contributed by atoms with E-state index in [4.69, 9.17) is 14.1 Å². The number of para-hydroxylation sites is 1. The molecular formula is C26H14FN5O3. The molecule has 0 radical (unpaired) electrons. The maximum Gasteiger partial charge on any atom is 0.344 e. The van der Waals surface area contributed by atoms with Gasteiger partial charge in [0.25, 0.3) is 0 Å². The van der Waals surface area contributed by atoms with Gasteiger partial charge in [0, 0.05) is 18.0 Å². The second kappa shape index (κ2) is 7.29. The lowest BCUT2D eigenvalue weighted by molar-refractivity contribution is 0.422. The van der Waals surface area contributed by atoms with Crippen LogP contribution in [0.2, 0.25) is 0 Å². The maximum atomic E-state index is 14.4. The highest BCUT2D eigenvalue weighted by molar-refractivity contribution is 5.86. The minimum atomic E-state index is -0.740. The van der Waals surface area contributed by atoms with Gasteiger partial charge in [0.15, 0.2) is 17.2 Å². The highest BCUT2D eigenvalue weighted by atomic mass is 19.1. The number of halogens is 1. The first-order valence-corrected chi connectivity index (χ1v) is 10.8. The van der Waals surface area contributed by atoms with E-state index < -0.39 is 17.4 Å². The zero-order valence-electron chi connectivity index (χ0n) is 17.9.